The normalized spacial score (nSPS) is 12.0. The van der Waals surface area contributed by atoms with Crippen molar-refractivity contribution in [1.29, 1.82) is 0 Å². The molecule has 0 saturated heterocycles. The molecule has 0 fully saturated rings. The number of carboxylic acid groups (broad SMARTS) is 1. The minimum absolute atomic E-state index is 0.0331. The van der Waals surface area contributed by atoms with Crippen molar-refractivity contribution in [2.45, 2.75) is 40.2 Å². The Balaban J connectivity index is 0. The summed E-state index contributed by atoms with van der Waals surface area (Å²) >= 11 is 0. The predicted molar refractivity (Wildman–Crippen MR) is 85.2 cm³/mol. The molecule has 0 aromatic rings. The largest absolute Gasteiger partial charge is 0.478 e. The Labute approximate surface area is 128 Å². The molecule has 0 heterocycles. The second kappa shape index (κ2) is 10.2. The number of carbonyl (C=O) groups excluding carboxylic acids is 1. The van der Waals surface area contributed by atoms with Gasteiger partial charge in [-0.1, -0.05) is 33.9 Å². The Morgan fingerprint density at radius 2 is 1.76 bits per heavy atom. The maximum absolute atomic E-state index is 11.2. The molecule has 0 aromatic carbocycles. The van der Waals surface area contributed by atoms with Crippen molar-refractivity contribution >= 4 is 11.9 Å². The Hall–Kier alpha value is -1.62. The van der Waals surface area contributed by atoms with Crippen LogP contribution in [0.1, 0.15) is 34.1 Å². The number of ether oxygens (including phenoxy) is 1. The van der Waals surface area contributed by atoms with Gasteiger partial charge in [0.25, 0.3) is 0 Å². The first-order valence-electron chi connectivity index (χ1n) is 6.78. The molecule has 122 valence electrons. The van der Waals surface area contributed by atoms with Crippen LogP contribution in [0.2, 0.25) is 0 Å². The van der Waals surface area contributed by atoms with E-state index in [-0.39, 0.29) is 23.1 Å². The van der Waals surface area contributed by atoms with Crippen molar-refractivity contribution in [2.75, 3.05) is 20.6 Å². The van der Waals surface area contributed by atoms with E-state index >= 15 is 0 Å². The van der Waals surface area contributed by atoms with E-state index in [1.807, 2.05) is 14.1 Å². The average molecular weight is 299 g/mol. The predicted octanol–water partition coefficient (Wildman–Crippen LogP) is 2.73. The highest BCUT2D eigenvalue weighted by Crippen LogP contribution is 2.25. The molecule has 1 atom stereocenters. The van der Waals surface area contributed by atoms with Gasteiger partial charge in [0, 0.05) is 18.2 Å². The molecule has 0 aliphatic rings. The topological polar surface area (TPSA) is 66.8 Å². The van der Waals surface area contributed by atoms with Crippen LogP contribution in [0.25, 0.3) is 0 Å². The van der Waals surface area contributed by atoms with E-state index in [4.69, 9.17) is 9.84 Å². The van der Waals surface area contributed by atoms with Gasteiger partial charge in [-0.15, -0.1) is 0 Å². The second-order valence-electron chi connectivity index (χ2n) is 6.17. The monoisotopic (exact) mass is 299 g/mol. The lowest BCUT2D eigenvalue weighted by Gasteiger charge is -2.30. The van der Waals surface area contributed by atoms with Crippen molar-refractivity contribution in [3.8, 4) is 0 Å². The zero-order valence-corrected chi connectivity index (χ0v) is 14.1. The highest BCUT2D eigenvalue weighted by atomic mass is 16.5. The fourth-order valence-corrected chi connectivity index (χ4v) is 1.23. The number of carboxylic acids is 1. The van der Waals surface area contributed by atoms with Crippen LogP contribution in [-0.2, 0) is 14.3 Å². The number of aliphatic carboxylic acids is 1. The summed E-state index contributed by atoms with van der Waals surface area (Å²) in [6.45, 7) is 15.1. The molecule has 0 saturated carbocycles. The van der Waals surface area contributed by atoms with Crippen LogP contribution in [0, 0.1) is 5.41 Å². The maximum atomic E-state index is 11.2. The van der Waals surface area contributed by atoms with Crippen LogP contribution in [0.5, 0.6) is 0 Å². The van der Waals surface area contributed by atoms with E-state index in [1.54, 1.807) is 0 Å². The molecular weight excluding hydrogens is 270 g/mol. The van der Waals surface area contributed by atoms with Gasteiger partial charge in [-0.05, 0) is 32.9 Å². The zero-order valence-electron chi connectivity index (χ0n) is 14.1. The number of esters is 1. The van der Waals surface area contributed by atoms with Crippen molar-refractivity contribution in [3.63, 3.8) is 0 Å². The van der Waals surface area contributed by atoms with E-state index in [9.17, 15) is 9.59 Å². The lowest BCUT2D eigenvalue weighted by atomic mass is 9.87. The number of carbonyl (C=O) groups is 2. The van der Waals surface area contributed by atoms with Crippen LogP contribution in [-0.4, -0.2) is 48.7 Å². The van der Waals surface area contributed by atoms with Gasteiger partial charge in [-0.2, -0.15) is 0 Å². The molecule has 0 aliphatic carbocycles. The van der Waals surface area contributed by atoms with Crippen molar-refractivity contribution in [3.05, 3.63) is 24.8 Å². The Kier molecular flexibility index (Phi) is 10.5. The third-order valence-electron chi connectivity index (χ3n) is 2.59. The zero-order chi connectivity index (χ0) is 17.2. The van der Waals surface area contributed by atoms with Crippen LogP contribution < -0.4 is 0 Å². The summed E-state index contributed by atoms with van der Waals surface area (Å²) < 4.78 is 5.33. The van der Waals surface area contributed by atoms with Crippen molar-refractivity contribution in [1.82, 2.24) is 4.90 Å². The standard InChI is InChI=1S/C12H23NO2.C4H6O2/c1-7-11(14)15-10(12(2,3)4)8-9-13(5)6;1-3(2)4(5)6/h7,10H,1,8-9H2,2-6H3;1H2,2H3,(H,5,6). The summed E-state index contributed by atoms with van der Waals surface area (Å²) in [5, 5.41) is 7.89. The molecule has 1 unspecified atom stereocenters. The Bertz CT molecular complexity index is 355. The molecule has 0 aliphatic heterocycles. The van der Waals surface area contributed by atoms with Crippen molar-refractivity contribution < 1.29 is 19.4 Å². The molecule has 5 nitrogen and oxygen atoms in total. The van der Waals surface area contributed by atoms with Gasteiger partial charge in [0.15, 0.2) is 0 Å². The highest BCUT2D eigenvalue weighted by Gasteiger charge is 2.27. The third-order valence-corrected chi connectivity index (χ3v) is 2.59. The fraction of sp³-hybridized carbons (Fsp3) is 0.625. The summed E-state index contributed by atoms with van der Waals surface area (Å²) in [6.07, 6.45) is 2.00. The van der Waals surface area contributed by atoms with E-state index < -0.39 is 5.97 Å². The van der Waals surface area contributed by atoms with Crippen LogP contribution in [0.15, 0.2) is 24.8 Å². The molecule has 5 heteroatoms. The Morgan fingerprint density at radius 1 is 1.33 bits per heavy atom. The first-order chi connectivity index (χ1) is 9.41. The van der Waals surface area contributed by atoms with Crippen LogP contribution in [0.4, 0.5) is 0 Å². The van der Waals surface area contributed by atoms with Gasteiger partial charge in [0.2, 0.25) is 0 Å². The molecule has 0 spiro atoms. The molecule has 21 heavy (non-hydrogen) atoms. The van der Waals surface area contributed by atoms with E-state index in [0.29, 0.717) is 0 Å². The number of hydrogen-bond acceptors (Lipinski definition) is 4. The minimum atomic E-state index is -0.935. The SMILES string of the molecule is C=C(C)C(=O)O.C=CC(=O)OC(CCN(C)C)C(C)(C)C. The number of nitrogens with zero attached hydrogens (tertiary/aromatic N) is 1. The van der Waals surface area contributed by atoms with E-state index in [0.717, 1.165) is 13.0 Å². The minimum Gasteiger partial charge on any atom is -0.478 e. The molecule has 0 bridgehead atoms. The maximum Gasteiger partial charge on any atom is 0.330 e. The lowest BCUT2D eigenvalue weighted by Crippen LogP contribution is -2.34. The summed E-state index contributed by atoms with van der Waals surface area (Å²) in [5.74, 6) is -1.27. The van der Waals surface area contributed by atoms with Gasteiger partial charge >= 0.3 is 11.9 Å². The lowest BCUT2D eigenvalue weighted by molar-refractivity contribution is -0.149. The second-order valence-corrected chi connectivity index (χ2v) is 6.17. The average Bonchev–Trinajstić information content (AvgIpc) is 2.32. The number of rotatable bonds is 6. The smallest absolute Gasteiger partial charge is 0.330 e. The summed E-state index contributed by atoms with van der Waals surface area (Å²) in [5.41, 5.74) is 0.143. The van der Waals surface area contributed by atoms with Gasteiger partial charge in [0.1, 0.15) is 6.10 Å². The summed E-state index contributed by atoms with van der Waals surface area (Å²) in [4.78, 5) is 22.8. The van der Waals surface area contributed by atoms with Crippen molar-refractivity contribution in [2.24, 2.45) is 5.41 Å². The molecule has 0 aromatic heterocycles. The molecule has 1 N–H and O–H groups in total. The molecule has 0 amide bonds. The van der Waals surface area contributed by atoms with Crippen LogP contribution in [0.3, 0.4) is 0 Å². The highest BCUT2D eigenvalue weighted by molar-refractivity contribution is 5.84. The molecular formula is C16H29NO4. The van der Waals surface area contributed by atoms with Gasteiger partial charge in [-0.25, -0.2) is 9.59 Å². The van der Waals surface area contributed by atoms with Gasteiger partial charge < -0.3 is 14.7 Å². The molecule has 0 radical (unpaired) electrons. The van der Waals surface area contributed by atoms with E-state index in [1.165, 1.54) is 13.0 Å². The first kappa shape index (κ1) is 21.7. The quantitative estimate of drug-likeness (QED) is 0.603. The first-order valence-corrected chi connectivity index (χ1v) is 6.78. The third kappa shape index (κ3) is 13.1. The van der Waals surface area contributed by atoms with E-state index in [2.05, 4.69) is 38.8 Å². The van der Waals surface area contributed by atoms with Crippen LogP contribution >= 0.6 is 0 Å². The van der Waals surface area contributed by atoms with Gasteiger partial charge in [-0.3, -0.25) is 0 Å². The Morgan fingerprint density at radius 3 is 2.00 bits per heavy atom. The molecule has 0 rings (SSSR count). The fourth-order valence-electron chi connectivity index (χ4n) is 1.23. The summed E-state index contributed by atoms with van der Waals surface area (Å²) in [7, 11) is 4.02. The number of hydrogen-bond donors (Lipinski definition) is 1. The summed E-state index contributed by atoms with van der Waals surface area (Å²) in [6, 6.07) is 0. The van der Waals surface area contributed by atoms with Gasteiger partial charge in [0.05, 0.1) is 0 Å².